The van der Waals surface area contributed by atoms with Crippen molar-refractivity contribution < 1.29 is 4.79 Å². The zero-order valence-corrected chi connectivity index (χ0v) is 9.59. The maximum atomic E-state index is 11.8. The van der Waals surface area contributed by atoms with Gasteiger partial charge in [0, 0.05) is 12.1 Å². The molecular formula is C14H17NO. The minimum atomic E-state index is 0.258. The number of ketones is 1. The smallest absolute Gasteiger partial charge is 0.181 e. The molecule has 0 N–H and O–H groups in total. The van der Waals surface area contributed by atoms with E-state index in [1.54, 1.807) is 0 Å². The molecule has 0 unspecified atom stereocenters. The van der Waals surface area contributed by atoms with Crippen LogP contribution in [-0.4, -0.2) is 11.5 Å². The fraction of sp³-hybridized carbons (Fsp3) is 0.571. The average Bonchev–Trinajstić information content (AvgIpc) is 2.52. The number of allylic oxidation sites excluding steroid dienone is 4. The fourth-order valence-corrected chi connectivity index (χ4v) is 2.88. The highest BCUT2D eigenvalue weighted by atomic mass is 16.1. The standard InChI is InChI=1S/C14H17NO/c16-13-8-4-6-11-9-10-5-2-1-3-7-12(10)15-14(11)13/h6H,1-5,7-9H2. The highest BCUT2D eigenvalue weighted by Crippen LogP contribution is 2.35. The van der Waals surface area contributed by atoms with Crippen LogP contribution in [0.25, 0.3) is 0 Å². The summed E-state index contributed by atoms with van der Waals surface area (Å²) < 4.78 is 0. The van der Waals surface area contributed by atoms with Crippen LogP contribution < -0.4 is 0 Å². The first-order valence-corrected chi connectivity index (χ1v) is 6.37. The first-order chi connectivity index (χ1) is 7.84. The van der Waals surface area contributed by atoms with E-state index < -0.39 is 0 Å². The SMILES string of the molecule is O=C1CCC=C2CC3=C(CCCCC3)N=C12. The van der Waals surface area contributed by atoms with Crippen LogP contribution in [0.15, 0.2) is 27.9 Å². The van der Waals surface area contributed by atoms with Gasteiger partial charge in [-0.3, -0.25) is 4.79 Å². The summed E-state index contributed by atoms with van der Waals surface area (Å²) in [6, 6.07) is 0. The van der Waals surface area contributed by atoms with Gasteiger partial charge in [0.15, 0.2) is 5.78 Å². The van der Waals surface area contributed by atoms with Crippen molar-refractivity contribution in [2.24, 2.45) is 4.99 Å². The molecule has 1 aliphatic heterocycles. The molecule has 0 fully saturated rings. The van der Waals surface area contributed by atoms with Crippen molar-refractivity contribution in [1.82, 2.24) is 0 Å². The van der Waals surface area contributed by atoms with Crippen LogP contribution in [0.4, 0.5) is 0 Å². The summed E-state index contributed by atoms with van der Waals surface area (Å²) in [4.78, 5) is 16.4. The van der Waals surface area contributed by atoms with Gasteiger partial charge < -0.3 is 0 Å². The molecule has 2 nitrogen and oxygen atoms in total. The van der Waals surface area contributed by atoms with Gasteiger partial charge >= 0.3 is 0 Å². The third-order valence-electron chi connectivity index (χ3n) is 3.78. The average molecular weight is 215 g/mol. The molecule has 0 aromatic carbocycles. The minimum Gasteiger partial charge on any atom is -0.292 e. The van der Waals surface area contributed by atoms with Crippen molar-refractivity contribution in [2.75, 3.05) is 0 Å². The summed E-state index contributed by atoms with van der Waals surface area (Å²) in [6.45, 7) is 0. The van der Waals surface area contributed by atoms with Crippen LogP contribution in [0, 0.1) is 0 Å². The van der Waals surface area contributed by atoms with Crippen molar-refractivity contribution in [3.05, 3.63) is 22.9 Å². The Hall–Kier alpha value is -1.18. The zero-order chi connectivity index (χ0) is 11.0. The third-order valence-corrected chi connectivity index (χ3v) is 3.78. The lowest BCUT2D eigenvalue weighted by molar-refractivity contribution is -0.113. The summed E-state index contributed by atoms with van der Waals surface area (Å²) in [5.74, 6) is 0.258. The molecular weight excluding hydrogens is 198 g/mol. The van der Waals surface area contributed by atoms with E-state index in [4.69, 9.17) is 0 Å². The Morgan fingerprint density at radius 3 is 2.88 bits per heavy atom. The highest BCUT2D eigenvalue weighted by molar-refractivity contribution is 6.47. The molecule has 0 saturated carbocycles. The first kappa shape index (κ1) is 10.0. The summed E-state index contributed by atoms with van der Waals surface area (Å²) in [5.41, 5.74) is 4.73. The summed E-state index contributed by atoms with van der Waals surface area (Å²) >= 11 is 0. The van der Waals surface area contributed by atoms with E-state index in [-0.39, 0.29) is 5.78 Å². The molecule has 0 aromatic heterocycles. The van der Waals surface area contributed by atoms with Gasteiger partial charge in [0.25, 0.3) is 0 Å². The Morgan fingerprint density at radius 2 is 1.94 bits per heavy atom. The Bertz CT molecular complexity index is 426. The van der Waals surface area contributed by atoms with Crippen molar-refractivity contribution in [3.63, 3.8) is 0 Å². The van der Waals surface area contributed by atoms with Gasteiger partial charge in [-0.25, -0.2) is 4.99 Å². The van der Waals surface area contributed by atoms with Gasteiger partial charge in [-0.05, 0) is 49.7 Å². The van der Waals surface area contributed by atoms with E-state index in [0.717, 1.165) is 25.0 Å². The lowest BCUT2D eigenvalue weighted by Gasteiger charge is -2.22. The third kappa shape index (κ3) is 1.66. The second-order valence-corrected chi connectivity index (χ2v) is 4.94. The fourth-order valence-electron chi connectivity index (χ4n) is 2.88. The van der Waals surface area contributed by atoms with E-state index in [9.17, 15) is 4.79 Å². The predicted octanol–water partition coefficient (Wildman–Crippen LogP) is 3.34. The van der Waals surface area contributed by atoms with Crippen LogP contribution in [0.3, 0.4) is 0 Å². The van der Waals surface area contributed by atoms with Crippen molar-refractivity contribution in [1.29, 1.82) is 0 Å². The van der Waals surface area contributed by atoms with Gasteiger partial charge in [0.2, 0.25) is 0 Å². The number of carbonyl (C=O) groups is 1. The highest BCUT2D eigenvalue weighted by Gasteiger charge is 2.26. The number of carbonyl (C=O) groups excluding carboxylic acids is 1. The number of hydrogen-bond acceptors (Lipinski definition) is 2. The molecule has 84 valence electrons. The molecule has 0 atom stereocenters. The summed E-state index contributed by atoms with van der Waals surface area (Å²) in [7, 11) is 0. The van der Waals surface area contributed by atoms with E-state index in [1.165, 1.54) is 42.5 Å². The number of rotatable bonds is 0. The molecule has 1 heterocycles. The Labute approximate surface area is 96.1 Å². The molecule has 3 rings (SSSR count). The second-order valence-electron chi connectivity index (χ2n) is 4.94. The lowest BCUT2D eigenvalue weighted by Crippen LogP contribution is -2.23. The van der Waals surface area contributed by atoms with E-state index in [2.05, 4.69) is 11.1 Å². The normalized spacial score (nSPS) is 25.4. The van der Waals surface area contributed by atoms with Gasteiger partial charge in [-0.2, -0.15) is 0 Å². The quantitative estimate of drug-likeness (QED) is 0.609. The number of Topliss-reactive ketones (excluding diaryl/α,β-unsaturated/α-hetero) is 1. The zero-order valence-electron chi connectivity index (χ0n) is 9.59. The van der Waals surface area contributed by atoms with Crippen molar-refractivity contribution in [2.45, 2.75) is 51.4 Å². The molecule has 0 saturated heterocycles. The number of nitrogens with zero attached hydrogens (tertiary/aromatic N) is 1. The summed E-state index contributed by atoms with van der Waals surface area (Å²) in [6.07, 6.45) is 10.9. The Balaban J connectivity index is 2.00. The molecule has 3 aliphatic rings. The number of hydrogen-bond donors (Lipinski definition) is 0. The van der Waals surface area contributed by atoms with Crippen LogP contribution in [0.1, 0.15) is 51.4 Å². The maximum absolute atomic E-state index is 11.8. The van der Waals surface area contributed by atoms with Gasteiger partial charge in [0.05, 0.1) is 0 Å². The molecule has 0 spiro atoms. The number of aliphatic imine (C=N–C) groups is 1. The molecule has 2 aliphatic carbocycles. The molecule has 0 amide bonds. The first-order valence-electron chi connectivity index (χ1n) is 6.37. The number of fused-ring (bicyclic) bond motifs is 1. The second kappa shape index (κ2) is 4.00. The molecule has 2 heteroatoms. The Kier molecular flexibility index (Phi) is 2.50. The summed E-state index contributed by atoms with van der Waals surface area (Å²) in [5, 5.41) is 0. The molecule has 16 heavy (non-hydrogen) atoms. The molecule has 0 bridgehead atoms. The van der Waals surface area contributed by atoms with Crippen LogP contribution in [-0.2, 0) is 4.79 Å². The van der Waals surface area contributed by atoms with E-state index >= 15 is 0 Å². The van der Waals surface area contributed by atoms with E-state index in [1.807, 2.05) is 0 Å². The lowest BCUT2D eigenvalue weighted by atomic mass is 9.87. The predicted molar refractivity (Wildman–Crippen MR) is 64.5 cm³/mol. The van der Waals surface area contributed by atoms with Gasteiger partial charge in [-0.1, -0.05) is 12.5 Å². The molecule has 0 aromatic rings. The monoisotopic (exact) mass is 215 g/mol. The largest absolute Gasteiger partial charge is 0.292 e. The topological polar surface area (TPSA) is 29.4 Å². The van der Waals surface area contributed by atoms with Gasteiger partial charge in [0.1, 0.15) is 5.71 Å². The van der Waals surface area contributed by atoms with Gasteiger partial charge in [-0.15, -0.1) is 0 Å². The van der Waals surface area contributed by atoms with Crippen LogP contribution >= 0.6 is 0 Å². The van der Waals surface area contributed by atoms with Crippen LogP contribution in [0.2, 0.25) is 0 Å². The Morgan fingerprint density at radius 1 is 1.06 bits per heavy atom. The van der Waals surface area contributed by atoms with E-state index in [0.29, 0.717) is 6.42 Å². The molecule has 0 radical (unpaired) electrons. The minimum absolute atomic E-state index is 0.258. The van der Waals surface area contributed by atoms with Crippen molar-refractivity contribution in [3.8, 4) is 0 Å². The van der Waals surface area contributed by atoms with Crippen LogP contribution in [0.5, 0.6) is 0 Å². The van der Waals surface area contributed by atoms with Crippen molar-refractivity contribution >= 4 is 11.5 Å². The maximum Gasteiger partial charge on any atom is 0.181 e.